The van der Waals surface area contributed by atoms with Gasteiger partial charge in [-0.25, -0.2) is 0 Å². The highest BCUT2D eigenvalue weighted by atomic mass is 32.2. The Bertz CT molecular complexity index is 1070. The first-order chi connectivity index (χ1) is 16.8. The molecule has 0 bridgehead atoms. The Kier molecular flexibility index (Phi) is 6.30. The molecule has 5 rings (SSSR count). The van der Waals surface area contributed by atoms with Crippen molar-refractivity contribution in [2.24, 2.45) is 11.8 Å². The van der Waals surface area contributed by atoms with Gasteiger partial charge in [0, 0.05) is 30.9 Å². The van der Waals surface area contributed by atoms with Gasteiger partial charge < -0.3 is 19.8 Å². The van der Waals surface area contributed by atoms with E-state index in [4.69, 9.17) is 0 Å². The molecule has 2 fully saturated rings. The molecule has 4 aliphatic rings. The van der Waals surface area contributed by atoms with Crippen molar-refractivity contribution in [3.63, 3.8) is 0 Å². The summed E-state index contributed by atoms with van der Waals surface area (Å²) in [5.41, 5.74) is 1.04. The molecule has 1 aromatic rings. The minimum Gasteiger partial charge on any atom is -0.394 e. The van der Waals surface area contributed by atoms with Gasteiger partial charge in [0.15, 0.2) is 0 Å². The Morgan fingerprint density at radius 1 is 1.03 bits per heavy atom. The normalized spacial score (nSPS) is 33.1. The number of amides is 3. The van der Waals surface area contributed by atoms with Crippen LogP contribution >= 0.6 is 11.8 Å². The molecule has 0 aliphatic carbocycles. The maximum Gasteiger partial charge on any atom is 0.247 e. The van der Waals surface area contributed by atoms with Gasteiger partial charge >= 0.3 is 0 Å². The third-order valence-corrected chi connectivity index (χ3v) is 9.53. The highest BCUT2D eigenvalue weighted by Gasteiger charge is 2.71. The number of hydrogen-bond acceptors (Lipinski definition) is 5. The van der Waals surface area contributed by atoms with Crippen molar-refractivity contribution in [1.29, 1.82) is 0 Å². The maximum atomic E-state index is 14.1. The Morgan fingerprint density at radius 2 is 1.77 bits per heavy atom. The van der Waals surface area contributed by atoms with Gasteiger partial charge in [0.25, 0.3) is 0 Å². The quantitative estimate of drug-likeness (QED) is 0.633. The molecular formula is C27H33N3O4S. The molecule has 6 atom stereocenters. The average molecular weight is 496 g/mol. The number of benzene rings is 1. The third-order valence-electron chi connectivity index (χ3n) is 7.79. The van der Waals surface area contributed by atoms with Crippen LogP contribution in [0.3, 0.4) is 0 Å². The predicted molar refractivity (Wildman–Crippen MR) is 135 cm³/mol. The largest absolute Gasteiger partial charge is 0.394 e. The van der Waals surface area contributed by atoms with Crippen LogP contribution in [0.25, 0.3) is 0 Å². The molecule has 1 spiro atoms. The number of fused-ring (bicyclic) bond motifs is 2. The highest BCUT2D eigenvalue weighted by molar-refractivity contribution is 8.02. The second kappa shape index (κ2) is 9.13. The smallest absolute Gasteiger partial charge is 0.247 e. The summed E-state index contributed by atoms with van der Waals surface area (Å²) in [5.74, 6) is -1.57. The van der Waals surface area contributed by atoms with Crippen LogP contribution in [0.4, 0.5) is 0 Å². The van der Waals surface area contributed by atoms with E-state index in [9.17, 15) is 19.5 Å². The number of thioether (sulfide) groups is 1. The number of rotatable bonds is 5. The molecule has 186 valence electrons. The summed E-state index contributed by atoms with van der Waals surface area (Å²) < 4.78 is -0.841. The van der Waals surface area contributed by atoms with Gasteiger partial charge in [0.1, 0.15) is 6.04 Å². The van der Waals surface area contributed by atoms with Crippen LogP contribution in [-0.2, 0) is 20.9 Å². The zero-order valence-electron chi connectivity index (χ0n) is 20.4. The van der Waals surface area contributed by atoms with Crippen molar-refractivity contribution in [1.82, 2.24) is 14.7 Å². The summed E-state index contributed by atoms with van der Waals surface area (Å²) in [6.45, 7) is 6.90. The Hall–Kier alpha value is -2.58. The van der Waals surface area contributed by atoms with Crippen LogP contribution in [0, 0.1) is 11.8 Å². The van der Waals surface area contributed by atoms with E-state index in [-0.39, 0.29) is 35.6 Å². The highest BCUT2D eigenvalue weighted by Crippen LogP contribution is 2.61. The molecule has 1 aromatic carbocycles. The van der Waals surface area contributed by atoms with Crippen molar-refractivity contribution in [2.45, 2.75) is 55.4 Å². The van der Waals surface area contributed by atoms with Gasteiger partial charge in [0.2, 0.25) is 17.7 Å². The number of nitrogens with zero attached hydrogens (tertiary/aromatic N) is 3. The molecule has 3 amide bonds. The number of aliphatic hydroxyl groups excluding tert-OH is 1. The minimum atomic E-state index is -0.841. The number of carbonyl (C=O) groups is 3. The fraction of sp³-hybridized carbons (Fsp3) is 0.519. The first-order valence-electron chi connectivity index (χ1n) is 12.4. The van der Waals surface area contributed by atoms with E-state index in [0.29, 0.717) is 19.6 Å². The average Bonchev–Trinajstić information content (AvgIpc) is 3.17. The van der Waals surface area contributed by atoms with E-state index in [2.05, 4.69) is 6.08 Å². The lowest BCUT2D eigenvalue weighted by atomic mass is 9.78. The molecule has 1 N–H and O–H groups in total. The molecule has 0 saturated carbocycles. The molecular weight excluding hydrogens is 462 g/mol. The van der Waals surface area contributed by atoms with Crippen LogP contribution in [0.5, 0.6) is 0 Å². The molecule has 0 radical (unpaired) electrons. The molecule has 35 heavy (non-hydrogen) atoms. The Morgan fingerprint density at radius 3 is 2.46 bits per heavy atom. The molecule has 2 saturated heterocycles. The van der Waals surface area contributed by atoms with Crippen molar-refractivity contribution < 1.29 is 19.5 Å². The lowest BCUT2D eigenvalue weighted by Gasteiger charge is -2.38. The summed E-state index contributed by atoms with van der Waals surface area (Å²) in [5, 5.41) is 9.82. The zero-order chi connectivity index (χ0) is 24.9. The molecule has 0 aromatic heterocycles. The Labute approximate surface area is 210 Å². The minimum absolute atomic E-state index is 0.0255. The molecule has 7 nitrogen and oxygen atoms in total. The zero-order valence-corrected chi connectivity index (χ0v) is 21.2. The summed E-state index contributed by atoms with van der Waals surface area (Å²) in [7, 11) is 0. The van der Waals surface area contributed by atoms with Gasteiger partial charge in [-0.3, -0.25) is 14.4 Å². The van der Waals surface area contributed by atoms with E-state index in [1.807, 2.05) is 67.3 Å². The van der Waals surface area contributed by atoms with Crippen molar-refractivity contribution in [2.75, 3.05) is 19.7 Å². The maximum absolute atomic E-state index is 14.1. The first kappa shape index (κ1) is 24.1. The number of hydrogen-bond donors (Lipinski definition) is 1. The van der Waals surface area contributed by atoms with Crippen LogP contribution < -0.4 is 0 Å². The van der Waals surface area contributed by atoms with Gasteiger partial charge in [-0.2, -0.15) is 0 Å². The number of carbonyl (C=O) groups excluding carboxylic acids is 3. The van der Waals surface area contributed by atoms with Crippen LogP contribution in [0.2, 0.25) is 0 Å². The standard InChI is InChI=1S/C27H33N3O4S/c1-17(2)29-14-8-12-27-22(25(33)30(18(3)16-31)23(27)26(29)34)21-20(35-27)11-7-13-28(24(21)32)15-19-9-5-4-6-10-19/h4-12,17-18,20-23,31H,13-16H2,1-3H3/t18-,20+,21-,22+,23?,27+/m1/s1. The van der Waals surface area contributed by atoms with E-state index in [1.165, 1.54) is 0 Å². The first-order valence-corrected chi connectivity index (χ1v) is 13.3. The SMILES string of the molecule is CC(C)N1CC=C[C@]23S[C@H]4C=CCN(Cc5ccccc5)C(=O)[C@H]4[C@H]2C(=O)N([C@H](C)CO)C3C1=O. The fourth-order valence-corrected chi connectivity index (χ4v) is 8.11. The van der Waals surface area contributed by atoms with Crippen molar-refractivity contribution >= 4 is 29.5 Å². The van der Waals surface area contributed by atoms with Crippen LogP contribution in [0.15, 0.2) is 54.6 Å². The number of aliphatic hydroxyl groups is 1. The second-order valence-electron chi connectivity index (χ2n) is 10.2. The lowest BCUT2D eigenvalue weighted by molar-refractivity contribution is -0.147. The van der Waals surface area contributed by atoms with Crippen LogP contribution in [0.1, 0.15) is 26.3 Å². The predicted octanol–water partition coefficient (Wildman–Crippen LogP) is 2.07. The summed E-state index contributed by atoms with van der Waals surface area (Å²) in [4.78, 5) is 47.2. The van der Waals surface area contributed by atoms with Crippen molar-refractivity contribution in [3.05, 3.63) is 60.2 Å². The molecule has 1 unspecified atom stereocenters. The third kappa shape index (κ3) is 3.73. The summed E-state index contributed by atoms with van der Waals surface area (Å²) in [6, 6.07) is 8.57. The van der Waals surface area contributed by atoms with Gasteiger partial charge in [-0.05, 0) is 26.3 Å². The second-order valence-corrected chi connectivity index (χ2v) is 11.7. The summed E-state index contributed by atoms with van der Waals surface area (Å²) >= 11 is 1.58. The van der Waals surface area contributed by atoms with Gasteiger partial charge in [-0.15, -0.1) is 11.8 Å². The fourth-order valence-electron chi connectivity index (χ4n) is 6.12. The monoisotopic (exact) mass is 495 g/mol. The molecule has 4 aliphatic heterocycles. The molecule has 4 heterocycles. The van der Waals surface area contributed by atoms with E-state index in [0.717, 1.165) is 5.56 Å². The van der Waals surface area contributed by atoms with E-state index >= 15 is 0 Å². The van der Waals surface area contributed by atoms with E-state index < -0.39 is 28.7 Å². The van der Waals surface area contributed by atoms with Crippen molar-refractivity contribution in [3.8, 4) is 0 Å². The van der Waals surface area contributed by atoms with Gasteiger partial charge in [0.05, 0.1) is 29.2 Å². The van der Waals surface area contributed by atoms with E-state index in [1.54, 1.807) is 28.5 Å². The topological polar surface area (TPSA) is 81.2 Å². The summed E-state index contributed by atoms with van der Waals surface area (Å²) in [6.07, 6.45) is 8.08. The van der Waals surface area contributed by atoms with Gasteiger partial charge in [-0.1, -0.05) is 54.6 Å². The molecule has 8 heteroatoms. The lowest BCUT2D eigenvalue weighted by Crippen LogP contribution is -2.57. The number of likely N-dealkylation sites (tertiary alicyclic amines) is 1. The van der Waals surface area contributed by atoms with Crippen LogP contribution in [-0.4, -0.2) is 85.3 Å². The Balaban J connectivity index is 1.57.